The van der Waals surface area contributed by atoms with Gasteiger partial charge < -0.3 is 0 Å². The summed E-state index contributed by atoms with van der Waals surface area (Å²) in [7, 11) is 0. The molecule has 1 aromatic carbocycles. The number of carbonyl (C=O) groups is 1. The zero-order valence-corrected chi connectivity index (χ0v) is 14.6. The van der Waals surface area contributed by atoms with Crippen LogP contribution >= 0.6 is 11.6 Å². The summed E-state index contributed by atoms with van der Waals surface area (Å²) in [6.45, 7) is 2.19. The maximum absolute atomic E-state index is 13.0. The van der Waals surface area contributed by atoms with Crippen LogP contribution in [0.5, 0.6) is 0 Å². The van der Waals surface area contributed by atoms with Crippen molar-refractivity contribution in [3.8, 4) is 0 Å². The Balaban J connectivity index is 1.71. The van der Waals surface area contributed by atoms with E-state index in [9.17, 15) is 9.18 Å². The summed E-state index contributed by atoms with van der Waals surface area (Å²) < 4.78 is 14.6. The van der Waals surface area contributed by atoms with Gasteiger partial charge in [-0.25, -0.2) is 14.5 Å². The van der Waals surface area contributed by atoms with Gasteiger partial charge in [0.05, 0.1) is 24.0 Å². The number of hydrogen-bond acceptors (Lipinski definition) is 4. The number of rotatable bonds is 5. The highest BCUT2D eigenvalue weighted by Gasteiger charge is 2.12. The van der Waals surface area contributed by atoms with Crippen molar-refractivity contribution in [1.29, 1.82) is 0 Å². The van der Waals surface area contributed by atoms with E-state index in [1.165, 1.54) is 30.7 Å². The van der Waals surface area contributed by atoms with E-state index in [1.807, 2.05) is 0 Å². The second kappa shape index (κ2) is 7.88. The van der Waals surface area contributed by atoms with Crippen molar-refractivity contribution in [2.24, 2.45) is 5.10 Å². The fourth-order valence-electron chi connectivity index (χ4n) is 2.30. The molecule has 0 atom stereocenters. The minimum Gasteiger partial charge on any atom is -0.267 e. The Labute approximate surface area is 154 Å². The Bertz CT molecular complexity index is 938. The van der Waals surface area contributed by atoms with Gasteiger partial charge in [0.15, 0.2) is 0 Å². The van der Waals surface area contributed by atoms with Crippen LogP contribution in [0.1, 0.15) is 27.2 Å². The number of amides is 1. The molecule has 132 valence electrons. The lowest BCUT2D eigenvalue weighted by Gasteiger charge is -2.03. The van der Waals surface area contributed by atoms with Gasteiger partial charge in [0.25, 0.3) is 5.91 Å². The molecule has 0 saturated heterocycles. The first-order valence-corrected chi connectivity index (χ1v) is 8.13. The molecule has 2 aromatic heterocycles. The average Bonchev–Trinajstić information content (AvgIpc) is 2.91. The fourth-order valence-corrected chi connectivity index (χ4v) is 2.59. The van der Waals surface area contributed by atoms with Gasteiger partial charge in [-0.3, -0.25) is 9.78 Å². The van der Waals surface area contributed by atoms with Crippen LogP contribution in [0.2, 0.25) is 5.15 Å². The molecule has 26 heavy (non-hydrogen) atoms. The number of hydrogen-bond donors (Lipinski definition) is 1. The number of halogens is 2. The fraction of sp³-hybridized carbons (Fsp3) is 0.111. The Morgan fingerprint density at radius 2 is 1.96 bits per heavy atom. The molecule has 0 bridgehead atoms. The van der Waals surface area contributed by atoms with Crippen molar-refractivity contribution in [1.82, 2.24) is 20.2 Å². The summed E-state index contributed by atoms with van der Waals surface area (Å²) in [5.74, 6) is -0.648. The molecule has 8 heteroatoms. The smallest absolute Gasteiger partial charge is 0.267 e. The topological polar surface area (TPSA) is 72.2 Å². The van der Waals surface area contributed by atoms with Crippen LogP contribution < -0.4 is 5.43 Å². The van der Waals surface area contributed by atoms with E-state index >= 15 is 0 Å². The Hall–Kier alpha value is -3.06. The molecule has 0 spiro atoms. The third kappa shape index (κ3) is 4.12. The molecule has 1 N–H and O–H groups in total. The molecule has 0 saturated carbocycles. The molecule has 0 fully saturated rings. The number of aromatic nitrogens is 3. The Kier molecular flexibility index (Phi) is 5.38. The van der Waals surface area contributed by atoms with Crippen LogP contribution in [0.25, 0.3) is 0 Å². The summed E-state index contributed by atoms with van der Waals surface area (Å²) >= 11 is 6.36. The molecular weight excluding hydrogens is 357 g/mol. The van der Waals surface area contributed by atoms with E-state index in [4.69, 9.17) is 11.6 Å². The normalized spacial score (nSPS) is 11.0. The second-order valence-corrected chi connectivity index (χ2v) is 5.87. The first kappa shape index (κ1) is 17.8. The molecule has 1 amide bonds. The highest BCUT2D eigenvalue weighted by molar-refractivity contribution is 6.32. The molecule has 6 nitrogen and oxygen atoms in total. The van der Waals surface area contributed by atoms with Gasteiger partial charge in [-0.05, 0) is 36.8 Å². The van der Waals surface area contributed by atoms with Crippen molar-refractivity contribution in [3.05, 3.63) is 82.1 Å². The largest absolute Gasteiger partial charge is 0.271 e. The highest BCUT2D eigenvalue weighted by Crippen LogP contribution is 2.19. The van der Waals surface area contributed by atoms with Crippen LogP contribution in [0, 0.1) is 12.7 Å². The van der Waals surface area contributed by atoms with Crippen molar-refractivity contribution in [2.75, 3.05) is 0 Å². The molecule has 0 unspecified atom stereocenters. The van der Waals surface area contributed by atoms with E-state index < -0.39 is 0 Å². The standard InChI is InChI=1S/C18H15ClFN5O/c1-12-16(10-22-23-18(26)14-6-8-21-9-7-14)17(19)25(24-12)11-13-2-4-15(20)5-3-13/h2-10H,11H2,1H3,(H,23,26)/b22-10+. The zero-order valence-electron chi connectivity index (χ0n) is 13.9. The molecule has 0 radical (unpaired) electrons. The van der Waals surface area contributed by atoms with E-state index in [0.717, 1.165) is 5.56 Å². The van der Waals surface area contributed by atoms with Crippen LogP contribution in [-0.2, 0) is 6.54 Å². The van der Waals surface area contributed by atoms with Gasteiger partial charge >= 0.3 is 0 Å². The van der Waals surface area contributed by atoms with Crippen molar-refractivity contribution in [3.63, 3.8) is 0 Å². The van der Waals surface area contributed by atoms with Crippen molar-refractivity contribution in [2.45, 2.75) is 13.5 Å². The summed E-state index contributed by atoms with van der Waals surface area (Å²) in [6.07, 6.45) is 4.50. The van der Waals surface area contributed by atoms with Crippen molar-refractivity contribution >= 4 is 23.7 Å². The molecule has 2 heterocycles. The van der Waals surface area contributed by atoms with Gasteiger partial charge in [-0.2, -0.15) is 10.2 Å². The number of pyridine rings is 1. The molecule has 0 aliphatic carbocycles. The summed E-state index contributed by atoms with van der Waals surface area (Å²) in [6, 6.07) is 9.29. The first-order chi connectivity index (χ1) is 12.5. The minimum atomic E-state index is -0.351. The van der Waals surface area contributed by atoms with E-state index in [2.05, 4.69) is 20.6 Å². The number of benzene rings is 1. The third-order valence-electron chi connectivity index (χ3n) is 3.66. The van der Waals surface area contributed by atoms with E-state index in [1.54, 1.807) is 35.9 Å². The number of aryl methyl sites for hydroxylation is 1. The van der Waals surface area contributed by atoms with Gasteiger partial charge in [0, 0.05) is 18.0 Å². The first-order valence-electron chi connectivity index (χ1n) is 7.75. The van der Waals surface area contributed by atoms with Gasteiger partial charge in [-0.1, -0.05) is 23.7 Å². The monoisotopic (exact) mass is 371 g/mol. The van der Waals surface area contributed by atoms with E-state index in [-0.39, 0.29) is 11.7 Å². The minimum absolute atomic E-state index is 0.297. The van der Waals surface area contributed by atoms with Gasteiger partial charge in [-0.15, -0.1) is 0 Å². The predicted molar refractivity (Wildman–Crippen MR) is 96.8 cm³/mol. The molecule has 0 aliphatic rings. The number of hydrazone groups is 1. The molecule has 0 aliphatic heterocycles. The molecule has 3 rings (SSSR count). The lowest BCUT2D eigenvalue weighted by Crippen LogP contribution is -2.17. The van der Waals surface area contributed by atoms with Crippen molar-refractivity contribution < 1.29 is 9.18 Å². The summed E-state index contributed by atoms with van der Waals surface area (Å²) in [5.41, 5.74) is 5.02. The summed E-state index contributed by atoms with van der Waals surface area (Å²) in [4.78, 5) is 15.8. The van der Waals surface area contributed by atoms with Crippen LogP contribution in [0.15, 0.2) is 53.9 Å². The maximum Gasteiger partial charge on any atom is 0.271 e. The molecular formula is C18H15ClFN5O. The second-order valence-electron chi connectivity index (χ2n) is 5.51. The predicted octanol–water partition coefficient (Wildman–Crippen LogP) is 3.19. The zero-order chi connectivity index (χ0) is 18.5. The van der Waals surface area contributed by atoms with Gasteiger partial charge in [0.2, 0.25) is 0 Å². The van der Waals surface area contributed by atoms with Crippen LogP contribution in [0.4, 0.5) is 4.39 Å². The lowest BCUT2D eigenvalue weighted by atomic mass is 10.2. The number of nitrogens with one attached hydrogen (secondary N) is 1. The van der Waals surface area contributed by atoms with Gasteiger partial charge in [0.1, 0.15) is 11.0 Å². The summed E-state index contributed by atoms with van der Waals surface area (Å²) in [5, 5.41) is 8.68. The quantitative estimate of drug-likeness (QED) is 0.553. The SMILES string of the molecule is Cc1nn(Cc2ccc(F)cc2)c(Cl)c1/C=N/NC(=O)c1ccncc1. The van der Waals surface area contributed by atoms with Crippen LogP contribution in [0.3, 0.4) is 0 Å². The third-order valence-corrected chi connectivity index (χ3v) is 4.06. The van der Waals surface area contributed by atoms with Crippen LogP contribution in [-0.4, -0.2) is 26.9 Å². The Morgan fingerprint density at radius 3 is 2.65 bits per heavy atom. The molecule has 3 aromatic rings. The maximum atomic E-state index is 13.0. The Morgan fingerprint density at radius 1 is 1.27 bits per heavy atom. The van der Waals surface area contributed by atoms with E-state index in [0.29, 0.717) is 28.5 Å². The average molecular weight is 372 g/mol. The number of nitrogens with zero attached hydrogens (tertiary/aromatic N) is 4. The number of carbonyl (C=O) groups excluding carboxylic acids is 1. The lowest BCUT2D eigenvalue weighted by molar-refractivity contribution is 0.0955. The highest BCUT2D eigenvalue weighted by atomic mass is 35.5.